The highest BCUT2D eigenvalue weighted by molar-refractivity contribution is 5.79. The van der Waals surface area contributed by atoms with Gasteiger partial charge in [0.15, 0.2) is 0 Å². The second kappa shape index (κ2) is 19.3. The average Bonchev–Trinajstić information content (AvgIpc) is 3.21. The van der Waals surface area contributed by atoms with Crippen molar-refractivity contribution in [2.45, 2.75) is 17.8 Å². The van der Waals surface area contributed by atoms with Crippen LogP contribution >= 0.6 is 0 Å². The molecule has 0 radical (unpaired) electrons. The Bertz CT molecular complexity index is 4080. The van der Waals surface area contributed by atoms with Crippen LogP contribution in [0.15, 0.2) is 229 Å². The van der Waals surface area contributed by atoms with E-state index < -0.39 is 17.8 Å². The maximum atomic E-state index is 15.6. The molecule has 0 saturated heterocycles. The molecule has 0 aromatic heterocycles. The molecule has 6 heterocycles. The van der Waals surface area contributed by atoms with Crippen molar-refractivity contribution in [3.63, 3.8) is 0 Å². The van der Waals surface area contributed by atoms with E-state index in [-0.39, 0.29) is 33.4 Å². The molecule has 81 heavy (non-hydrogen) atoms. The van der Waals surface area contributed by atoms with E-state index in [0.717, 1.165) is 0 Å². The van der Waals surface area contributed by atoms with Gasteiger partial charge in [0, 0.05) is 127 Å². The van der Waals surface area contributed by atoms with E-state index >= 15 is 28.8 Å². The monoisotopic (exact) mass is 1060 g/mol. The highest BCUT2D eigenvalue weighted by atomic mass is 16.2. The summed E-state index contributed by atoms with van der Waals surface area (Å²) >= 11 is 0. The fourth-order valence-corrected chi connectivity index (χ4v) is 13.1. The Morgan fingerprint density at radius 2 is 0.370 bits per heavy atom. The van der Waals surface area contributed by atoms with Crippen molar-refractivity contribution < 1.29 is 0 Å². The lowest BCUT2D eigenvalue weighted by Crippen LogP contribution is -2.26. The number of nitrogens with zero attached hydrogens (tertiary/aromatic N) is 6. The van der Waals surface area contributed by atoms with Gasteiger partial charge in [0.1, 0.15) is 0 Å². The van der Waals surface area contributed by atoms with E-state index in [1.807, 2.05) is 200 Å². The molecule has 0 unspecified atom stereocenters. The molecule has 6 aliphatic carbocycles. The van der Waals surface area contributed by atoms with Crippen molar-refractivity contribution in [3.05, 3.63) is 312 Å². The van der Waals surface area contributed by atoms with Gasteiger partial charge in [-0.2, -0.15) is 0 Å². The lowest BCUT2D eigenvalue weighted by Gasteiger charge is -2.26. The number of hydrogen-bond donors (Lipinski definition) is 0. The minimum absolute atomic E-state index is 0.322. The summed E-state index contributed by atoms with van der Waals surface area (Å²) in [6.07, 6.45) is 0. The normalized spacial score (nSPS) is 12.0. The van der Waals surface area contributed by atoms with E-state index in [1.54, 1.807) is 69.7 Å². The summed E-state index contributed by atoms with van der Waals surface area (Å²) in [7, 11) is 10.3. The quantitative estimate of drug-likeness (QED) is 0.141. The Kier molecular flexibility index (Phi) is 12.0. The summed E-state index contributed by atoms with van der Waals surface area (Å²) in [6, 6.07) is 62.2. The number of hydrogen-bond acceptors (Lipinski definition) is 6. The van der Waals surface area contributed by atoms with E-state index in [0.29, 0.717) is 118 Å². The molecule has 0 spiro atoms. The molecule has 396 valence electrons. The first kappa shape index (κ1) is 50.3. The molecule has 0 amide bonds. The minimum Gasteiger partial charge on any atom is -0.311 e. The van der Waals surface area contributed by atoms with Crippen LogP contribution in [-0.2, 0) is 42.3 Å². The van der Waals surface area contributed by atoms with Crippen molar-refractivity contribution in [3.8, 4) is 67.5 Å². The summed E-state index contributed by atoms with van der Waals surface area (Å²) < 4.78 is 9.60. The van der Waals surface area contributed by atoms with Gasteiger partial charge in [-0.3, -0.25) is 28.8 Å². The minimum atomic E-state index is -1.13. The number of aromatic nitrogens is 6. The van der Waals surface area contributed by atoms with Crippen LogP contribution in [0.4, 0.5) is 0 Å². The number of fused-ring (bicyclic) bond motifs is 6. The van der Waals surface area contributed by atoms with Gasteiger partial charge in [-0.15, -0.1) is 0 Å². The van der Waals surface area contributed by atoms with Crippen molar-refractivity contribution in [2.75, 3.05) is 0 Å². The largest absolute Gasteiger partial charge is 0.311 e. The summed E-state index contributed by atoms with van der Waals surface area (Å²) in [5.74, 6) is -3.40. The molecule has 0 saturated carbocycles. The molecule has 13 rings (SSSR count). The zero-order valence-electron chi connectivity index (χ0n) is 45.4. The maximum Gasteiger partial charge on any atom is 0.255 e. The predicted molar refractivity (Wildman–Crippen MR) is 319 cm³/mol. The zero-order valence-corrected chi connectivity index (χ0v) is 45.4. The van der Waals surface area contributed by atoms with Gasteiger partial charge >= 0.3 is 0 Å². The second-order valence-corrected chi connectivity index (χ2v) is 21.2. The fraction of sp³-hybridized carbons (Fsp3) is 0.130. The average molecular weight is 1060 g/mol. The number of benzene rings is 1. The molecule has 0 atom stereocenters. The Hall–Kier alpha value is -10.2. The zero-order chi connectivity index (χ0) is 56.1. The molecule has 12 aliphatic rings. The van der Waals surface area contributed by atoms with Crippen LogP contribution < -0.4 is 33.4 Å². The van der Waals surface area contributed by atoms with Gasteiger partial charge in [0.25, 0.3) is 33.4 Å². The van der Waals surface area contributed by atoms with Gasteiger partial charge in [-0.05, 0) is 53.1 Å². The summed E-state index contributed by atoms with van der Waals surface area (Å²) in [5.41, 5.74) is 8.71. The summed E-state index contributed by atoms with van der Waals surface area (Å²) in [6.45, 7) is 0. The Morgan fingerprint density at radius 3 is 0.531 bits per heavy atom. The molecule has 6 aliphatic heterocycles. The van der Waals surface area contributed by atoms with Gasteiger partial charge in [0.05, 0.1) is 34.2 Å². The predicted octanol–water partition coefficient (Wildman–Crippen LogP) is 10.0. The first-order chi connectivity index (χ1) is 39.3. The first-order valence-electron chi connectivity index (χ1n) is 26.9. The van der Waals surface area contributed by atoms with Gasteiger partial charge in [-0.1, -0.05) is 164 Å². The van der Waals surface area contributed by atoms with Crippen LogP contribution in [0.1, 0.15) is 67.8 Å². The van der Waals surface area contributed by atoms with Crippen LogP contribution in [0.5, 0.6) is 0 Å². The van der Waals surface area contributed by atoms with Crippen LogP contribution in [0, 0.1) is 0 Å². The Labute approximate surface area is 465 Å². The Morgan fingerprint density at radius 1 is 0.222 bits per heavy atom. The fourth-order valence-electron chi connectivity index (χ4n) is 13.1. The van der Waals surface area contributed by atoms with Crippen LogP contribution in [0.3, 0.4) is 0 Å². The van der Waals surface area contributed by atoms with Crippen molar-refractivity contribution in [2.24, 2.45) is 42.3 Å². The molecular weight excluding hydrogens is 1010 g/mol. The molecular formula is C69H54N6O6. The highest BCUT2D eigenvalue weighted by Crippen LogP contribution is 2.48. The van der Waals surface area contributed by atoms with Gasteiger partial charge in [0.2, 0.25) is 0 Å². The summed E-state index contributed by atoms with van der Waals surface area (Å²) in [5, 5.41) is 0. The first-order valence-corrected chi connectivity index (χ1v) is 26.9. The molecule has 0 bridgehead atoms. The number of rotatable bonds is 9. The standard InChI is InChI=1S/C69H54N6O6/c1-70-49-31-19-7-13-25-43(49)58(64(70)76)55(59-44-26-14-8-20-32-50(44)71(2)65(59)77)40-37-41(56(60-45-27-15-9-21-33-51(45)72(3)66(60)78)61-46-28-16-10-22-34-52(46)73(4)67(61)79)39-42(38-40)57(62-47-29-17-11-23-35-53(47)74(5)68(62)80)63-48-30-18-12-24-36-54(48)75(6)69(63)81/h7-39,55-57H,1-6H3. The lowest BCUT2D eigenvalue weighted by atomic mass is 9.75. The van der Waals surface area contributed by atoms with Crippen LogP contribution in [-0.4, -0.2) is 27.4 Å². The van der Waals surface area contributed by atoms with Crippen molar-refractivity contribution in [1.82, 2.24) is 27.4 Å². The van der Waals surface area contributed by atoms with Gasteiger partial charge in [-0.25, -0.2) is 0 Å². The SMILES string of the molecule is Cn1c2cccccc-2c(C(c2cc(C(c3c4cccccc-4n(C)c3=O)c3c4cccccc-4n(C)c3=O)cc(C(c3c4cccccc-4n(C)c3=O)c3c4cccccc-4n(C)c3=O)c2)c2c3cccccc-3n(C)c2=O)c1=O. The third kappa shape index (κ3) is 7.58. The third-order valence-electron chi connectivity index (χ3n) is 16.9. The topological polar surface area (TPSA) is 132 Å². The van der Waals surface area contributed by atoms with Crippen LogP contribution in [0.25, 0.3) is 67.5 Å². The molecule has 0 N–H and O–H groups in total. The molecule has 12 heteroatoms. The molecule has 1 aromatic carbocycles. The van der Waals surface area contributed by atoms with E-state index in [9.17, 15) is 0 Å². The molecule has 12 nitrogen and oxygen atoms in total. The molecule has 0 fully saturated rings. The smallest absolute Gasteiger partial charge is 0.255 e. The van der Waals surface area contributed by atoms with Gasteiger partial charge < -0.3 is 27.4 Å². The maximum absolute atomic E-state index is 15.6. The van der Waals surface area contributed by atoms with E-state index in [1.165, 1.54) is 0 Å². The third-order valence-corrected chi connectivity index (χ3v) is 16.9. The van der Waals surface area contributed by atoms with Crippen LogP contribution in [0.2, 0.25) is 0 Å². The Balaban J connectivity index is 1.27. The second-order valence-electron chi connectivity index (χ2n) is 21.2. The van der Waals surface area contributed by atoms with E-state index in [4.69, 9.17) is 0 Å². The van der Waals surface area contributed by atoms with Crippen molar-refractivity contribution in [1.29, 1.82) is 0 Å². The van der Waals surface area contributed by atoms with E-state index in [2.05, 4.69) is 0 Å². The highest BCUT2D eigenvalue weighted by Gasteiger charge is 2.40. The van der Waals surface area contributed by atoms with Crippen molar-refractivity contribution >= 4 is 0 Å². The molecule has 1 aromatic rings. The summed E-state index contributed by atoms with van der Waals surface area (Å²) in [4.78, 5) is 93.5. The lowest BCUT2D eigenvalue weighted by molar-refractivity contribution is 0.829.